The van der Waals surface area contributed by atoms with Crippen molar-refractivity contribution in [2.75, 3.05) is 0 Å². The van der Waals surface area contributed by atoms with Crippen molar-refractivity contribution in [1.29, 1.82) is 0 Å². The molecular weight excluding hydrogens is 532 g/mol. The summed E-state index contributed by atoms with van der Waals surface area (Å²) < 4.78 is 0. The SMILES string of the molecule is CC(NC(=O)C(Cc1ccccc1)NC(=O)c1ccccc1)C(=O)NC(C(=O)C(=O)NC(C)C1=CC=CCC1)C(C)C. The second kappa shape index (κ2) is 15.5. The lowest BCUT2D eigenvalue weighted by Crippen LogP contribution is -2.57. The standard InChI is InChI=1S/C33H40N4O5/c1-21(2)28(29(38)33(42)34-22(3)25-16-10-6-11-17-25)37-30(39)23(4)35-32(41)27(20-24-14-8-5-9-15-24)36-31(40)26-18-12-7-13-19-26/h5-10,12-16,18-19,21-23,27-28H,11,17,20H2,1-4H3,(H,34,42)(H,35,41)(H,36,40)(H,37,39). The molecule has 1 aliphatic rings. The highest BCUT2D eigenvalue weighted by molar-refractivity contribution is 6.38. The van der Waals surface area contributed by atoms with Crippen molar-refractivity contribution in [3.63, 3.8) is 0 Å². The molecule has 4 atom stereocenters. The predicted molar refractivity (Wildman–Crippen MR) is 161 cm³/mol. The van der Waals surface area contributed by atoms with E-state index in [1.165, 1.54) is 6.92 Å². The lowest BCUT2D eigenvalue weighted by molar-refractivity contribution is -0.141. The molecule has 0 saturated heterocycles. The number of hydrogen-bond donors (Lipinski definition) is 4. The molecule has 4 N–H and O–H groups in total. The molecule has 4 amide bonds. The van der Waals surface area contributed by atoms with Gasteiger partial charge in [-0.3, -0.25) is 24.0 Å². The van der Waals surface area contributed by atoms with Gasteiger partial charge in [-0.1, -0.05) is 80.6 Å². The van der Waals surface area contributed by atoms with E-state index in [4.69, 9.17) is 0 Å². The van der Waals surface area contributed by atoms with Crippen LogP contribution in [0.25, 0.3) is 0 Å². The number of carbonyl (C=O) groups is 5. The van der Waals surface area contributed by atoms with E-state index in [1.807, 2.05) is 55.5 Å². The molecule has 0 fully saturated rings. The number of carbonyl (C=O) groups excluding carboxylic acids is 5. The molecule has 0 radical (unpaired) electrons. The lowest BCUT2D eigenvalue weighted by atomic mass is 9.96. The zero-order chi connectivity index (χ0) is 30.6. The highest BCUT2D eigenvalue weighted by Crippen LogP contribution is 2.16. The van der Waals surface area contributed by atoms with E-state index in [0.29, 0.717) is 5.56 Å². The molecule has 0 spiro atoms. The number of rotatable bonds is 13. The highest BCUT2D eigenvalue weighted by atomic mass is 16.2. The maximum absolute atomic E-state index is 13.3. The van der Waals surface area contributed by atoms with E-state index in [-0.39, 0.29) is 18.4 Å². The first-order chi connectivity index (χ1) is 20.1. The fraction of sp³-hybridized carbons (Fsp3) is 0.364. The van der Waals surface area contributed by atoms with Gasteiger partial charge in [0.2, 0.25) is 17.6 Å². The van der Waals surface area contributed by atoms with Gasteiger partial charge in [-0.05, 0) is 55.9 Å². The van der Waals surface area contributed by atoms with Gasteiger partial charge in [0.1, 0.15) is 12.1 Å². The molecule has 222 valence electrons. The molecule has 2 aromatic rings. The van der Waals surface area contributed by atoms with E-state index in [0.717, 1.165) is 24.0 Å². The molecule has 9 nitrogen and oxygen atoms in total. The first-order valence-corrected chi connectivity index (χ1v) is 14.3. The molecule has 42 heavy (non-hydrogen) atoms. The number of allylic oxidation sites excluding steroid dienone is 3. The Kier molecular flexibility index (Phi) is 11.8. The van der Waals surface area contributed by atoms with Gasteiger partial charge in [-0.15, -0.1) is 0 Å². The molecular formula is C33H40N4O5. The Balaban J connectivity index is 1.65. The van der Waals surface area contributed by atoms with Gasteiger partial charge in [0.25, 0.3) is 11.8 Å². The Labute approximate surface area is 247 Å². The van der Waals surface area contributed by atoms with Crippen molar-refractivity contribution in [3.8, 4) is 0 Å². The van der Waals surface area contributed by atoms with E-state index < -0.39 is 47.5 Å². The largest absolute Gasteiger partial charge is 0.344 e. The highest BCUT2D eigenvalue weighted by Gasteiger charge is 2.33. The fourth-order valence-electron chi connectivity index (χ4n) is 4.57. The van der Waals surface area contributed by atoms with Crippen LogP contribution in [0, 0.1) is 5.92 Å². The molecule has 0 aromatic heterocycles. The summed E-state index contributed by atoms with van der Waals surface area (Å²) in [5, 5.41) is 10.8. The van der Waals surface area contributed by atoms with Crippen LogP contribution < -0.4 is 21.3 Å². The zero-order valence-corrected chi connectivity index (χ0v) is 24.6. The van der Waals surface area contributed by atoms with Gasteiger partial charge in [0.15, 0.2) is 0 Å². The van der Waals surface area contributed by atoms with Crippen molar-refractivity contribution in [1.82, 2.24) is 21.3 Å². The van der Waals surface area contributed by atoms with Crippen molar-refractivity contribution in [2.45, 2.75) is 71.1 Å². The monoisotopic (exact) mass is 572 g/mol. The fourth-order valence-corrected chi connectivity index (χ4v) is 4.57. The van der Waals surface area contributed by atoms with E-state index in [9.17, 15) is 24.0 Å². The van der Waals surface area contributed by atoms with Gasteiger partial charge in [-0.2, -0.15) is 0 Å². The summed E-state index contributed by atoms with van der Waals surface area (Å²) in [7, 11) is 0. The third-order valence-electron chi connectivity index (χ3n) is 7.11. The van der Waals surface area contributed by atoms with Crippen LogP contribution in [0.2, 0.25) is 0 Å². The van der Waals surface area contributed by atoms with Crippen LogP contribution >= 0.6 is 0 Å². The summed E-state index contributed by atoms with van der Waals surface area (Å²) in [5.41, 5.74) is 2.25. The van der Waals surface area contributed by atoms with Crippen LogP contribution in [0.3, 0.4) is 0 Å². The van der Waals surface area contributed by atoms with Crippen LogP contribution in [-0.2, 0) is 25.6 Å². The second-order valence-electron chi connectivity index (χ2n) is 10.8. The summed E-state index contributed by atoms with van der Waals surface area (Å²) in [4.78, 5) is 65.1. The first kappa shape index (κ1) is 32.0. The second-order valence-corrected chi connectivity index (χ2v) is 10.8. The molecule has 0 heterocycles. The topological polar surface area (TPSA) is 133 Å². The smallest absolute Gasteiger partial charge is 0.290 e. The molecule has 3 rings (SSSR count). The number of amides is 4. The molecule has 0 saturated carbocycles. The Hall–Kier alpha value is -4.53. The van der Waals surface area contributed by atoms with Crippen LogP contribution in [0.4, 0.5) is 0 Å². The first-order valence-electron chi connectivity index (χ1n) is 14.3. The molecule has 9 heteroatoms. The molecule has 1 aliphatic carbocycles. The van der Waals surface area contributed by atoms with E-state index in [2.05, 4.69) is 21.3 Å². The Bertz CT molecular complexity index is 1320. The lowest BCUT2D eigenvalue weighted by Gasteiger charge is -2.25. The van der Waals surface area contributed by atoms with Gasteiger partial charge in [-0.25, -0.2) is 0 Å². The Morgan fingerprint density at radius 2 is 1.40 bits per heavy atom. The summed E-state index contributed by atoms with van der Waals surface area (Å²) in [5.74, 6) is -3.51. The van der Waals surface area contributed by atoms with E-state index >= 15 is 0 Å². The minimum absolute atomic E-state index is 0.206. The quantitative estimate of drug-likeness (QED) is 0.274. The van der Waals surface area contributed by atoms with Crippen molar-refractivity contribution >= 4 is 29.4 Å². The van der Waals surface area contributed by atoms with Gasteiger partial charge >= 0.3 is 0 Å². The van der Waals surface area contributed by atoms with Crippen molar-refractivity contribution in [2.24, 2.45) is 5.92 Å². The number of benzene rings is 2. The minimum atomic E-state index is -1.08. The van der Waals surface area contributed by atoms with Crippen molar-refractivity contribution in [3.05, 3.63) is 95.6 Å². The minimum Gasteiger partial charge on any atom is -0.344 e. The van der Waals surface area contributed by atoms with Gasteiger partial charge < -0.3 is 21.3 Å². The average molecular weight is 573 g/mol. The number of ketones is 1. The average Bonchev–Trinajstić information content (AvgIpc) is 3.00. The Morgan fingerprint density at radius 1 is 0.762 bits per heavy atom. The van der Waals surface area contributed by atoms with Crippen molar-refractivity contribution < 1.29 is 24.0 Å². The molecule has 4 unspecified atom stereocenters. The number of nitrogens with one attached hydrogen (secondary N) is 4. The van der Waals surface area contributed by atoms with Crippen LogP contribution in [0.15, 0.2) is 84.5 Å². The Morgan fingerprint density at radius 3 is 2.00 bits per heavy atom. The molecule has 0 bridgehead atoms. The summed E-state index contributed by atoms with van der Waals surface area (Å²) in [6.45, 7) is 6.76. The van der Waals surface area contributed by atoms with Crippen LogP contribution in [-0.4, -0.2) is 53.6 Å². The summed E-state index contributed by atoms with van der Waals surface area (Å²) >= 11 is 0. The number of hydrogen-bond acceptors (Lipinski definition) is 5. The number of Topliss-reactive ketones (excluding diaryl/α,β-unsaturated/α-hetero) is 1. The van der Waals surface area contributed by atoms with Crippen LogP contribution in [0.1, 0.15) is 56.5 Å². The van der Waals surface area contributed by atoms with Crippen LogP contribution in [0.5, 0.6) is 0 Å². The summed E-state index contributed by atoms with van der Waals surface area (Å²) in [6, 6.07) is 14.3. The predicted octanol–water partition coefficient (Wildman–Crippen LogP) is 3.02. The third kappa shape index (κ3) is 9.26. The molecule has 2 aromatic carbocycles. The van der Waals surface area contributed by atoms with Gasteiger partial charge in [0, 0.05) is 18.0 Å². The third-order valence-corrected chi connectivity index (χ3v) is 7.11. The summed E-state index contributed by atoms with van der Waals surface area (Å²) in [6.07, 6.45) is 7.76. The maximum atomic E-state index is 13.3. The zero-order valence-electron chi connectivity index (χ0n) is 24.6. The molecule has 0 aliphatic heterocycles. The van der Waals surface area contributed by atoms with E-state index in [1.54, 1.807) is 44.2 Å². The maximum Gasteiger partial charge on any atom is 0.290 e. The normalized spacial score (nSPS) is 15.4. The van der Waals surface area contributed by atoms with Gasteiger partial charge in [0.05, 0.1) is 6.04 Å².